The zero-order chi connectivity index (χ0) is 13.9. The van der Waals surface area contributed by atoms with E-state index in [2.05, 4.69) is 17.1 Å². The summed E-state index contributed by atoms with van der Waals surface area (Å²) in [7, 11) is 1.77. The zero-order valence-corrected chi connectivity index (χ0v) is 11.9. The molecule has 1 heterocycles. The Hall–Kier alpha value is -2.07. The predicted octanol–water partition coefficient (Wildman–Crippen LogP) is 3.23. The number of fused-ring (bicyclic) bond motifs is 1. The van der Waals surface area contributed by atoms with E-state index in [-0.39, 0.29) is 5.56 Å². The summed E-state index contributed by atoms with van der Waals surface area (Å²) in [6.45, 7) is 0. The van der Waals surface area contributed by atoms with Crippen LogP contribution in [0.4, 0.5) is 0 Å². The lowest BCUT2D eigenvalue weighted by molar-refractivity contribution is 0.726. The molecule has 0 spiro atoms. The van der Waals surface area contributed by atoms with E-state index in [1.54, 1.807) is 23.4 Å². The molecule has 0 aliphatic rings. The third-order valence-electron chi connectivity index (χ3n) is 3.15. The van der Waals surface area contributed by atoms with E-state index in [9.17, 15) is 4.79 Å². The van der Waals surface area contributed by atoms with Crippen molar-refractivity contribution in [2.45, 2.75) is 10.9 Å². The van der Waals surface area contributed by atoms with Crippen molar-refractivity contribution in [2.24, 2.45) is 7.05 Å². The number of benzene rings is 2. The molecular weight excluding hydrogens is 268 g/mol. The van der Waals surface area contributed by atoms with Crippen LogP contribution in [0, 0.1) is 0 Å². The maximum atomic E-state index is 12.3. The van der Waals surface area contributed by atoms with Crippen LogP contribution in [0.5, 0.6) is 0 Å². The van der Waals surface area contributed by atoms with Crippen LogP contribution in [0.25, 0.3) is 10.9 Å². The Morgan fingerprint density at radius 3 is 2.55 bits per heavy atom. The molecule has 3 rings (SSSR count). The van der Waals surface area contributed by atoms with Crippen LogP contribution in [0.15, 0.2) is 64.5 Å². The minimum atomic E-state index is 0.00571. The number of hydrogen-bond acceptors (Lipinski definition) is 3. The predicted molar refractivity (Wildman–Crippen MR) is 83.0 cm³/mol. The lowest BCUT2D eigenvalue weighted by atomic mass is 10.2. The monoisotopic (exact) mass is 282 g/mol. The van der Waals surface area contributed by atoms with Gasteiger partial charge < -0.3 is 0 Å². The van der Waals surface area contributed by atoms with Crippen molar-refractivity contribution in [1.29, 1.82) is 0 Å². The maximum absolute atomic E-state index is 12.3. The second-order valence-corrected chi connectivity index (χ2v) is 5.49. The summed E-state index contributed by atoms with van der Waals surface area (Å²) in [5.41, 5.74) is 1.98. The average molecular weight is 282 g/mol. The van der Waals surface area contributed by atoms with Gasteiger partial charge in [0.25, 0.3) is 5.56 Å². The molecule has 3 aromatic rings. The molecule has 0 aliphatic heterocycles. The molecule has 4 heteroatoms. The Labute approximate surface area is 121 Å². The highest BCUT2D eigenvalue weighted by Crippen LogP contribution is 2.21. The third kappa shape index (κ3) is 2.47. The van der Waals surface area contributed by atoms with Crippen molar-refractivity contribution in [3.8, 4) is 0 Å². The van der Waals surface area contributed by atoms with Gasteiger partial charge >= 0.3 is 0 Å². The van der Waals surface area contributed by atoms with Gasteiger partial charge in [-0.25, -0.2) is 4.98 Å². The van der Waals surface area contributed by atoms with Gasteiger partial charge in [0.15, 0.2) is 5.16 Å². The molecule has 0 unspecified atom stereocenters. The highest BCUT2D eigenvalue weighted by Gasteiger charge is 2.08. The molecule has 2 aromatic carbocycles. The number of thioether (sulfide) groups is 1. The Morgan fingerprint density at radius 1 is 1.05 bits per heavy atom. The second-order valence-electron chi connectivity index (χ2n) is 4.55. The minimum absolute atomic E-state index is 0.00571. The number of hydrogen-bond donors (Lipinski definition) is 0. The molecule has 0 bridgehead atoms. The summed E-state index contributed by atoms with van der Waals surface area (Å²) in [4.78, 5) is 16.8. The molecule has 0 amide bonds. The van der Waals surface area contributed by atoms with Gasteiger partial charge in [-0.3, -0.25) is 9.36 Å². The topological polar surface area (TPSA) is 34.9 Å². The summed E-state index contributed by atoms with van der Waals surface area (Å²) in [5.74, 6) is 0.805. The first kappa shape index (κ1) is 12.9. The normalized spacial score (nSPS) is 10.8. The van der Waals surface area contributed by atoms with Crippen molar-refractivity contribution >= 4 is 22.7 Å². The standard InChI is InChI=1S/C16H14N2OS/c1-18-15(19)13-9-5-6-10-14(13)17-16(18)20-11-12-7-3-2-4-8-12/h2-10H,11H2,1H3. The van der Waals surface area contributed by atoms with E-state index in [1.165, 1.54) is 5.56 Å². The molecule has 100 valence electrons. The number of para-hydroxylation sites is 1. The first-order chi connectivity index (χ1) is 9.75. The highest BCUT2D eigenvalue weighted by atomic mass is 32.2. The fourth-order valence-electron chi connectivity index (χ4n) is 2.05. The molecule has 0 N–H and O–H groups in total. The van der Waals surface area contributed by atoms with Crippen LogP contribution in [0.1, 0.15) is 5.56 Å². The Kier molecular flexibility index (Phi) is 3.56. The van der Waals surface area contributed by atoms with Crippen LogP contribution in [-0.2, 0) is 12.8 Å². The van der Waals surface area contributed by atoms with E-state index in [0.29, 0.717) is 5.39 Å². The third-order valence-corrected chi connectivity index (χ3v) is 4.25. The van der Waals surface area contributed by atoms with Gasteiger partial charge in [0.05, 0.1) is 10.9 Å². The molecule has 1 aromatic heterocycles. The first-order valence-electron chi connectivity index (χ1n) is 6.38. The number of rotatable bonds is 3. The van der Waals surface area contributed by atoms with E-state index in [4.69, 9.17) is 0 Å². The number of nitrogens with zero attached hydrogens (tertiary/aromatic N) is 2. The molecule has 3 nitrogen and oxygen atoms in total. The summed E-state index contributed by atoms with van der Waals surface area (Å²) < 4.78 is 1.62. The Bertz CT molecular complexity index is 796. The number of aromatic nitrogens is 2. The fraction of sp³-hybridized carbons (Fsp3) is 0.125. The molecule has 0 atom stereocenters. The van der Waals surface area contributed by atoms with Crippen molar-refractivity contribution in [3.63, 3.8) is 0 Å². The zero-order valence-electron chi connectivity index (χ0n) is 11.1. The summed E-state index contributed by atoms with van der Waals surface area (Å²) >= 11 is 1.58. The van der Waals surface area contributed by atoms with Gasteiger partial charge in [-0.2, -0.15) is 0 Å². The first-order valence-corrected chi connectivity index (χ1v) is 7.37. The van der Waals surface area contributed by atoms with Crippen LogP contribution < -0.4 is 5.56 Å². The smallest absolute Gasteiger partial charge is 0.261 e. The van der Waals surface area contributed by atoms with E-state index in [0.717, 1.165) is 16.4 Å². The van der Waals surface area contributed by atoms with Gasteiger partial charge in [0, 0.05) is 12.8 Å². The summed E-state index contributed by atoms with van der Waals surface area (Å²) in [6.07, 6.45) is 0. The Balaban J connectivity index is 1.96. The minimum Gasteiger partial charge on any atom is -0.290 e. The van der Waals surface area contributed by atoms with Gasteiger partial charge in [-0.05, 0) is 17.7 Å². The fourth-order valence-corrected chi connectivity index (χ4v) is 2.98. The summed E-state index contributed by atoms with van der Waals surface area (Å²) in [6, 6.07) is 17.6. The van der Waals surface area contributed by atoms with Gasteiger partial charge in [-0.15, -0.1) is 0 Å². The molecule has 0 aliphatic carbocycles. The van der Waals surface area contributed by atoms with E-state index in [1.807, 2.05) is 42.5 Å². The summed E-state index contributed by atoms with van der Waals surface area (Å²) in [5, 5.41) is 1.41. The quantitative estimate of drug-likeness (QED) is 0.546. The van der Waals surface area contributed by atoms with E-state index >= 15 is 0 Å². The molecule has 0 radical (unpaired) electrons. The van der Waals surface area contributed by atoms with Crippen LogP contribution in [0.2, 0.25) is 0 Å². The van der Waals surface area contributed by atoms with Gasteiger partial charge in [0.2, 0.25) is 0 Å². The van der Waals surface area contributed by atoms with Gasteiger partial charge in [-0.1, -0.05) is 54.2 Å². The molecule has 0 saturated heterocycles. The molecular formula is C16H14N2OS. The van der Waals surface area contributed by atoms with Crippen molar-refractivity contribution < 1.29 is 0 Å². The molecule has 0 fully saturated rings. The Morgan fingerprint density at radius 2 is 1.75 bits per heavy atom. The van der Waals surface area contributed by atoms with Crippen molar-refractivity contribution in [3.05, 3.63) is 70.5 Å². The SMILES string of the molecule is Cn1c(SCc2ccccc2)nc2ccccc2c1=O. The lowest BCUT2D eigenvalue weighted by Gasteiger charge is -2.08. The van der Waals surface area contributed by atoms with Crippen LogP contribution >= 0.6 is 11.8 Å². The lowest BCUT2D eigenvalue weighted by Crippen LogP contribution is -2.19. The second kappa shape index (κ2) is 5.51. The van der Waals surface area contributed by atoms with Gasteiger partial charge in [0.1, 0.15) is 0 Å². The van der Waals surface area contributed by atoms with Crippen molar-refractivity contribution in [2.75, 3.05) is 0 Å². The van der Waals surface area contributed by atoms with Crippen LogP contribution in [0.3, 0.4) is 0 Å². The van der Waals surface area contributed by atoms with E-state index < -0.39 is 0 Å². The largest absolute Gasteiger partial charge is 0.290 e. The highest BCUT2D eigenvalue weighted by molar-refractivity contribution is 7.98. The van der Waals surface area contributed by atoms with Crippen LogP contribution in [-0.4, -0.2) is 9.55 Å². The molecule has 20 heavy (non-hydrogen) atoms. The van der Waals surface area contributed by atoms with Crippen molar-refractivity contribution in [1.82, 2.24) is 9.55 Å². The maximum Gasteiger partial charge on any atom is 0.261 e. The molecule has 0 saturated carbocycles. The average Bonchev–Trinajstić information content (AvgIpc) is 2.50.